The highest BCUT2D eigenvalue weighted by Crippen LogP contribution is 2.26. The van der Waals surface area contributed by atoms with Crippen LogP contribution in [-0.4, -0.2) is 34.7 Å². The fraction of sp³-hybridized carbons (Fsp3) is 0.364. The van der Waals surface area contributed by atoms with Gasteiger partial charge in [-0.3, -0.25) is 4.72 Å². The molecule has 114 valence electrons. The average Bonchev–Trinajstić information content (AvgIpc) is 2.93. The summed E-state index contributed by atoms with van der Waals surface area (Å²) in [7, 11) is -3.92. The predicted octanol–water partition coefficient (Wildman–Crippen LogP) is 1.54. The molecule has 0 amide bonds. The van der Waals surface area contributed by atoms with Crippen LogP contribution in [0.1, 0.15) is 33.7 Å². The van der Waals surface area contributed by atoms with Crippen LogP contribution in [0.3, 0.4) is 0 Å². The highest BCUT2D eigenvalue weighted by molar-refractivity contribution is 7.93. The molecule has 0 aliphatic carbocycles. The van der Waals surface area contributed by atoms with E-state index in [9.17, 15) is 13.2 Å². The van der Waals surface area contributed by atoms with Gasteiger partial charge in [-0.05, 0) is 20.3 Å². The third kappa shape index (κ3) is 2.90. The minimum Gasteiger partial charge on any atom is -0.477 e. The molecule has 0 fully saturated rings. The second-order valence-electron chi connectivity index (χ2n) is 4.34. The van der Waals surface area contributed by atoms with Crippen LogP contribution in [-0.2, 0) is 16.4 Å². The van der Waals surface area contributed by atoms with Crippen LogP contribution in [0.2, 0.25) is 0 Å². The lowest BCUT2D eigenvalue weighted by Crippen LogP contribution is -2.14. The van der Waals surface area contributed by atoms with E-state index in [1.807, 2.05) is 6.92 Å². The molecule has 0 radical (unpaired) electrons. The predicted molar refractivity (Wildman–Crippen MR) is 77.3 cm³/mol. The van der Waals surface area contributed by atoms with E-state index >= 15 is 0 Å². The van der Waals surface area contributed by atoms with E-state index in [4.69, 9.17) is 5.11 Å². The minimum absolute atomic E-state index is 0.0758. The number of aromatic carboxylic acids is 1. The Morgan fingerprint density at radius 3 is 2.52 bits per heavy atom. The van der Waals surface area contributed by atoms with Gasteiger partial charge in [-0.2, -0.15) is 0 Å². The Kier molecular flexibility index (Phi) is 4.01. The number of anilines is 1. The van der Waals surface area contributed by atoms with Gasteiger partial charge in [0.15, 0.2) is 0 Å². The lowest BCUT2D eigenvalue weighted by atomic mass is 10.2. The van der Waals surface area contributed by atoms with E-state index in [0.29, 0.717) is 11.4 Å². The van der Waals surface area contributed by atoms with Crippen LogP contribution in [0.5, 0.6) is 0 Å². The lowest BCUT2D eigenvalue weighted by Gasteiger charge is -2.05. The van der Waals surface area contributed by atoms with Crippen molar-refractivity contribution in [3.8, 4) is 0 Å². The number of sulfonamides is 1. The van der Waals surface area contributed by atoms with Crippen molar-refractivity contribution in [2.45, 2.75) is 32.1 Å². The van der Waals surface area contributed by atoms with E-state index < -0.39 is 16.0 Å². The zero-order valence-corrected chi connectivity index (χ0v) is 13.2. The van der Waals surface area contributed by atoms with E-state index in [1.165, 1.54) is 13.8 Å². The highest BCUT2D eigenvalue weighted by Gasteiger charge is 2.27. The number of aromatic amines is 1. The Balaban J connectivity index is 2.42. The molecule has 0 aromatic carbocycles. The number of H-pyrrole nitrogens is 1. The summed E-state index contributed by atoms with van der Waals surface area (Å²) in [6.45, 7) is 4.84. The third-order valence-corrected chi connectivity index (χ3v) is 5.57. The molecule has 2 heterocycles. The van der Waals surface area contributed by atoms with Crippen LogP contribution in [0.15, 0.2) is 4.90 Å². The van der Waals surface area contributed by atoms with Crippen LogP contribution in [0, 0.1) is 13.8 Å². The monoisotopic (exact) mass is 330 g/mol. The number of hydrogen-bond donors (Lipinski definition) is 3. The molecule has 0 spiro atoms. The summed E-state index contributed by atoms with van der Waals surface area (Å²) in [5.74, 6) is -1.21. The van der Waals surface area contributed by atoms with Crippen molar-refractivity contribution in [3.63, 3.8) is 0 Å². The summed E-state index contributed by atoms with van der Waals surface area (Å²) in [6.07, 6.45) is 0.658. The second kappa shape index (κ2) is 5.45. The number of nitrogens with zero attached hydrogens (tertiary/aromatic N) is 2. The van der Waals surface area contributed by atoms with Crippen molar-refractivity contribution in [3.05, 3.63) is 22.0 Å². The van der Waals surface area contributed by atoms with Gasteiger partial charge in [0.05, 0.1) is 0 Å². The molecular formula is C11H14N4O4S2. The molecule has 0 saturated carbocycles. The standard InChI is InChI=1S/C11H14N4O4S2/c1-4-7-13-14-11(20-7)15-21(18,19)9-5(2)8(10(16)17)12-6(9)3/h12H,4H2,1-3H3,(H,14,15)(H,16,17). The Morgan fingerprint density at radius 1 is 1.38 bits per heavy atom. The first-order valence-corrected chi connectivity index (χ1v) is 8.34. The van der Waals surface area contributed by atoms with Crippen molar-refractivity contribution in [2.75, 3.05) is 4.72 Å². The SMILES string of the molecule is CCc1nnc(NS(=O)(=O)c2c(C)[nH]c(C(=O)O)c2C)s1. The van der Waals surface area contributed by atoms with Crippen molar-refractivity contribution in [2.24, 2.45) is 0 Å². The molecule has 0 bridgehead atoms. The van der Waals surface area contributed by atoms with Crippen molar-refractivity contribution >= 4 is 32.5 Å². The van der Waals surface area contributed by atoms with Gasteiger partial charge in [-0.25, -0.2) is 13.2 Å². The molecular weight excluding hydrogens is 316 g/mol. The van der Waals surface area contributed by atoms with Gasteiger partial charge in [0.1, 0.15) is 15.6 Å². The molecule has 0 atom stereocenters. The number of carboxylic acid groups (broad SMARTS) is 1. The van der Waals surface area contributed by atoms with Crippen molar-refractivity contribution < 1.29 is 18.3 Å². The number of aromatic nitrogens is 3. The highest BCUT2D eigenvalue weighted by atomic mass is 32.2. The number of nitrogens with one attached hydrogen (secondary N) is 2. The molecule has 8 nitrogen and oxygen atoms in total. The fourth-order valence-electron chi connectivity index (χ4n) is 1.95. The number of carboxylic acids is 1. The van der Waals surface area contributed by atoms with Gasteiger partial charge in [0.2, 0.25) is 5.13 Å². The topological polar surface area (TPSA) is 125 Å². The molecule has 2 rings (SSSR count). The Bertz CT molecular complexity index is 791. The largest absolute Gasteiger partial charge is 0.477 e. The lowest BCUT2D eigenvalue weighted by molar-refractivity contribution is 0.0690. The normalized spacial score (nSPS) is 11.6. The Hall–Kier alpha value is -1.94. The number of aryl methyl sites for hydroxylation is 2. The molecule has 3 N–H and O–H groups in total. The summed E-state index contributed by atoms with van der Waals surface area (Å²) < 4.78 is 27.1. The molecule has 2 aromatic rings. The second-order valence-corrected chi connectivity index (χ2v) is 7.03. The van der Waals surface area contributed by atoms with Crippen molar-refractivity contribution in [1.29, 1.82) is 0 Å². The number of carbonyl (C=O) groups is 1. The van der Waals surface area contributed by atoms with Gasteiger partial charge in [0, 0.05) is 11.3 Å². The third-order valence-electron chi connectivity index (χ3n) is 2.84. The van der Waals surface area contributed by atoms with Gasteiger partial charge >= 0.3 is 5.97 Å². The first-order chi connectivity index (χ1) is 9.76. The maximum atomic E-state index is 12.4. The maximum absolute atomic E-state index is 12.4. The Labute approximate surface area is 125 Å². The molecule has 10 heteroatoms. The molecule has 21 heavy (non-hydrogen) atoms. The molecule has 0 saturated heterocycles. The van der Waals surface area contributed by atoms with Crippen LogP contribution in [0.25, 0.3) is 0 Å². The number of hydrogen-bond acceptors (Lipinski definition) is 6. The smallest absolute Gasteiger partial charge is 0.352 e. The fourth-order valence-corrected chi connectivity index (χ4v) is 4.31. The maximum Gasteiger partial charge on any atom is 0.352 e. The zero-order valence-electron chi connectivity index (χ0n) is 11.6. The van der Waals surface area contributed by atoms with E-state index in [0.717, 1.165) is 11.3 Å². The summed E-state index contributed by atoms with van der Waals surface area (Å²) >= 11 is 1.14. The quantitative estimate of drug-likeness (QED) is 0.763. The molecule has 0 aliphatic heterocycles. The Morgan fingerprint density at radius 2 is 2.05 bits per heavy atom. The van der Waals surface area contributed by atoms with Gasteiger partial charge in [0.25, 0.3) is 10.0 Å². The van der Waals surface area contributed by atoms with E-state index in [1.54, 1.807) is 0 Å². The van der Waals surface area contributed by atoms with E-state index in [2.05, 4.69) is 19.9 Å². The van der Waals surface area contributed by atoms with Crippen LogP contribution in [0.4, 0.5) is 5.13 Å². The summed E-state index contributed by atoms with van der Waals surface area (Å²) in [5.41, 5.74) is 0.282. The average molecular weight is 330 g/mol. The zero-order chi connectivity index (χ0) is 15.8. The summed E-state index contributed by atoms with van der Waals surface area (Å²) in [6, 6.07) is 0. The minimum atomic E-state index is -3.92. The van der Waals surface area contributed by atoms with Crippen molar-refractivity contribution in [1.82, 2.24) is 15.2 Å². The van der Waals surface area contributed by atoms with Gasteiger partial charge in [-0.1, -0.05) is 18.3 Å². The molecule has 0 unspecified atom stereocenters. The number of rotatable bonds is 5. The molecule has 0 aliphatic rings. The van der Waals surface area contributed by atoms with Gasteiger partial charge < -0.3 is 10.1 Å². The summed E-state index contributed by atoms with van der Waals surface area (Å²) in [5, 5.41) is 17.5. The first kappa shape index (κ1) is 15.4. The van der Waals surface area contributed by atoms with Crippen LogP contribution >= 0.6 is 11.3 Å². The van der Waals surface area contributed by atoms with E-state index in [-0.39, 0.29) is 27.0 Å². The van der Waals surface area contributed by atoms with Crippen LogP contribution < -0.4 is 4.72 Å². The summed E-state index contributed by atoms with van der Waals surface area (Å²) in [4.78, 5) is 13.5. The first-order valence-electron chi connectivity index (χ1n) is 6.04. The van der Waals surface area contributed by atoms with Gasteiger partial charge in [-0.15, -0.1) is 10.2 Å². The molecule has 2 aromatic heterocycles.